The Balaban J connectivity index is 0.000000583. The molecule has 0 unspecified atom stereocenters. The first-order valence-electron chi connectivity index (χ1n) is 6.78. The van der Waals surface area contributed by atoms with Crippen molar-refractivity contribution in [3.05, 3.63) is 0 Å². The highest BCUT2D eigenvalue weighted by Crippen LogP contribution is 2.01. The molecule has 1 aliphatic heterocycles. The lowest BCUT2D eigenvalue weighted by molar-refractivity contribution is 0.236. The van der Waals surface area contributed by atoms with Crippen LogP contribution in [-0.4, -0.2) is 37.6 Å². The summed E-state index contributed by atoms with van der Waals surface area (Å²) in [6.07, 6.45) is 6.82. The molecular weight excluding hydrogens is 184 g/mol. The Morgan fingerprint density at radius 2 is 1.53 bits per heavy atom. The normalized spacial score (nSPS) is 17.0. The van der Waals surface area contributed by atoms with Crippen molar-refractivity contribution in [2.45, 2.75) is 52.9 Å². The second-order valence-corrected chi connectivity index (χ2v) is 4.36. The van der Waals surface area contributed by atoms with Crippen molar-refractivity contribution in [3.8, 4) is 0 Å². The van der Waals surface area contributed by atoms with Gasteiger partial charge in [-0.25, -0.2) is 0 Å². The van der Waals surface area contributed by atoms with E-state index in [4.69, 9.17) is 0 Å². The Bertz CT molecular complexity index is 109. The summed E-state index contributed by atoms with van der Waals surface area (Å²) in [6.45, 7) is 12.7. The van der Waals surface area contributed by atoms with E-state index in [1.165, 1.54) is 64.8 Å². The Hall–Kier alpha value is -0.0800. The summed E-state index contributed by atoms with van der Waals surface area (Å²) in [5.74, 6) is 0. The van der Waals surface area contributed by atoms with Crippen LogP contribution in [0.5, 0.6) is 0 Å². The van der Waals surface area contributed by atoms with Gasteiger partial charge in [-0.1, -0.05) is 46.5 Å². The SMILES string of the molecule is CCC.CCCCCCN1CCNCC1. The molecule has 2 heteroatoms. The van der Waals surface area contributed by atoms with Crippen LogP contribution in [0.25, 0.3) is 0 Å². The topological polar surface area (TPSA) is 15.3 Å². The highest BCUT2D eigenvalue weighted by atomic mass is 15.2. The van der Waals surface area contributed by atoms with Crippen LogP contribution in [-0.2, 0) is 0 Å². The Labute approximate surface area is 96.4 Å². The van der Waals surface area contributed by atoms with E-state index in [1.807, 2.05) is 0 Å². The van der Waals surface area contributed by atoms with E-state index in [1.54, 1.807) is 0 Å². The standard InChI is InChI=1S/C10H22N2.C3H8/c1-2-3-4-5-8-12-9-6-11-7-10-12;1-3-2/h11H,2-10H2,1H3;3H2,1-2H3. The third-order valence-corrected chi connectivity index (χ3v) is 2.54. The van der Waals surface area contributed by atoms with Gasteiger partial charge in [0, 0.05) is 26.2 Å². The molecule has 0 bridgehead atoms. The van der Waals surface area contributed by atoms with Crippen LogP contribution in [0.1, 0.15) is 52.9 Å². The average Bonchev–Trinajstić information content (AvgIpc) is 2.27. The molecule has 0 saturated carbocycles. The van der Waals surface area contributed by atoms with Gasteiger partial charge >= 0.3 is 0 Å². The van der Waals surface area contributed by atoms with E-state index in [-0.39, 0.29) is 0 Å². The molecule has 1 N–H and O–H groups in total. The smallest absolute Gasteiger partial charge is 0.0107 e. The predicted molar refractivity (Wildman–Crippen MR) is 69.4 cm³/mol. The summed E-state index contributed by atoms with van der Waals surface area (Å²) in [6, 6.07) is 0. The Morgan fingerprint density at radius 3 is 2.07 bits per heavy atom. The van der Waals surface area contributed by atoms with Gasteiger partial charge in [-0.15, -0.1) is 0 Å². The number of piperazine rings is 1. The summed E-state index contributed by atoms with van der Waals surface area (Å²) < 4.78 is 0. The van der Waals surface area contributed by atoms with E-state index in [2.05, 4.69) is 31.0 Å². The van der Waals surface area contributed by atoms with Crippen LogP contribution in [0.4, 0.5) is 0 Å². The summed E-state index contributed by atoms with van der Waals surface area (Å²) in [7, 11) is 0. The molecule has 0 aromatic heterocycles. The molecule has 0 aromatic rings. The van der Waals surface area contributed by atoms with Gasteiger partial charge in [0.2, 0.25) is 0 Å². The number of rotatable bonds is 5. The largest absolute Gasteiger partial charge is 0.314 e. The fraction of sp³-hybridized carbons (Fsp3) is 1.00. The minimum absolute atomic E-state index is 1.19. The average molecular weight is 214 g/mol. The molecule has 0 spiro atoms. The summed E-state index contributed by atoms with van der Waals surface area (Å²) in [5.41, 5.74) is 0. The maximum absolute atomic E-state index is 3.37. The molecule has 0 aromatic carbocycles. The maximum atomic E-state index is 3.37. The second-order valence-electron chi connectivity index (χ2n) is 4.36. The molecule has 92 valence electrons. The molecule has 1 heterocycles. The Morgan fingerprint density at radius 1 is 0.933 bits per heavy atom. The van der Waals surface area contributed by atoms with Crippen molar-refractivity contribution in [1.82, 2.24) is 10.2 Å². The third-order valence-electron chi connectivity index (χ3n) is 2.54. The highest BCUT2D eigenvalue weighted by Gasteiger charge is 2.07. The molecular formula is C13H30N2. The van der Waals surface area contributed by atoms with Crippen molar-refractivity contribution in [1.29, 1.82) is 0 Å². The zero-order chi connectivity index (χ0) is 11.4. The van der Waals surface area contributed by atoms with E-state index in [0.717, 1.165) is 0 Å². The molecule has 1 aliphatic rings. The van der Waals surface area contributed by atoms with Crippen molar-refractivity contribution >= 4 is 0 Å². The lowest BCUT2D eigenvalue weighted by Crippen LogP contribution is -2.43. The van der Waals surface area contributed by atoms with Crippen LogP contribution in [0.2, 0.25) is 0 Å². The molecule has 0 aliphatic carbocycles. The molecule has 0 amide bonds. The van der Waals surface area contributed by atoms with E-state index >= 15 is 0 Å². The molecule has 1 fully saturated rings. The van der Waals surface area contributed by atoms with Gasteiger partial charge in [0.05, 0.1) is 0 Å². The quantitative estimate of drug-likeness (QED) is 0.708. The number of hydrogen-bond donors (Lipinski definition) is 1. The monoisotopic (exact) mass is 214 g/mol. The summed E-state index contributed by atoms with van der Waals surface area (Å²) in [4.78, 5) is 2.58. The number of nitrogens with zero attached hydrogens (tertiary/aromatic N) is 1. The zero-order valence-electron chi connectivity index (χ0n) is 11.0. The molecule has 0 atom stereocenters. The maximum Gasteiger partial charge on any atom is 0.0107 e. The summed E-state index contributed by atoms with van der Waals surface area (Å²) >= 11 is 0. The number of unbranched alkanes of at least 4 members (excludes halogenated alkanes) is 3. The third kappa shape index (κ3) is 10.2. The van der Waals surface area contributed by atoms with E-state index < -0.39 is 0 Å². The van der Waals surface area contributed by atoms with Crippen LogP contribution in [0, 0.1) is 0 Å². The fourth-order valence-corrected chi connectivity index (χ4v) is 1.70. The predicted octanol–water partition coefficient (Wildman–Crippen LogP) is 2.89. The van der Waals surface area contributed by atoms with Crippen LogP contribution in [0.15, 0.2) is 0 Å². The van der Waals surface area contributed by atoms with Gasteiger partial charge in [-0.2, -0.15) is 0 Å². The van der Waals surface area contributed by atoms with Crippen molar-refractivity contribution in [2.24, 2.45) is 0 Å². The first-order valence-corrected chi connectivity index (χ1v) is 6.78. The first-order chi connectivity index (χ1) is 7.35. The van der Waals surface area contributed by atoms with Crippen molar-refractivity contribution in [2.75, 3.05) is 32.7 Å². The van der Waals surface area contributed by atoms with Gasteiger partial charge in [0.1, 0.15) is 0 Å². The minimum Gasteiger partial charge on any atom is -0.314 e. The van der Waals surface area contributed by atoms with Gasteiger partial charge in [0.15, 0.2) is 0 Å². The molecule has 1 rings (SSSR count). The zero-order valence-corrected chi connectivity index (χ0v) is 11.0. The molecule has 2 nitrogen and oxygen atoms in total. The van der Waals surface area contributed by atoms with E-state index in [9.17, 15) is 0 Å². The molecule has 0 radical (unpaired) electrons. The van der Waals surface area contributed by atoms with Crippen LogP contribution in [0.3, 0.4) is 0 Å². The summed E-state index contributed by atoms with van der Waals surface area (Å²) in [5, 5.41) is 3.37. The van der Waals surface area contributed by atoms with E-state index in [0.29, 0.717) is 0 Å². The highest BCUT2D eigenvalue weighted by molar-refractivity contribution is 4.66. The fourth-order valence-electron chi connectivity index (χ4n) is 1.70. The number of nitrogens with one attached hydrogen (secondary N) is 1. The lowest BCUT2D eigenvalue weighted by Gasteiger charge is -2.26. The second kappa shape index (κ2) is 12.0. The Kier molecular flexibility index (Phi) is 11.9. The van der Waals surface area contributed by atoms with Crippen molar-refractivity contribution < 1.29 is 0 Å². The minimum atomic E-state index is 1.19. The van der Waals surface area contributed by atoms with Gasteiger partial charge in [-0.05, 0) is 13.0 Å². The first kappa shape index (κ1) is 14.9. The molecule has 1 saturated heterocycles. The molecule has 15 heavy (non-hydrogen) atoms. The van der Waals surface area contributed by atoms with Gasteiger partial charge in [-0.3, -0.25) is 0 Å². The van der Waals surface area contributed by atoms with Gasteiger partial charge in [0.25, 0.3) is 0 Å². The van der Waals surface area contributed by atoms with Crippen LogP contribution >= 0.6 is 0 Å². The lowest BCUT2D eigenvalue weighted by atomic mass is 10.2. The van der Waals surface area contributed by atoms with Crippen molar-refractivity contribution in [3.63, 3.8) is 0 Å². The number of hydrogen-bond acceptors (Lipinski definition) is 2. The van der Waals surface area contributed by atoms with Gasteiger partial charge < -0.3 is 10.2 Å². The van der Waals surface area contributed by atoms with Crippen LogP contribution < -0.4 is 5.32 Å².